The van der Waals surface area contributed by atoms with E-state index < -0.39 is 0 Å². The van der Waals surface area contributed by atoms with Crippen LogP contribution in [0.2, 0.25) is 0 Å². The van der Waals surface area contributed by atoms with E-state index in [1.165, 1.54) is 50.5 Å². The molecule has 2 rings (SSSR count). The molecule has 2 atom stereocenters. The summed E-state index contributed by atoms with van der Waals surface area (Å²) in [7, 11) is 0. The van der Waals surface area contributed by atoms with Crippen LogP contribution in [0.5, 0.6) is 0 Å². The first-order valence-corrected chi connectivity index (χ1v) is 9.98. The van der Waals surface area contributed by atoms with E-state index in [0.29, 0.717) is 5.76 Å². The Morgan fingerprint density at radius 3 is 2.64 bits per heavy atom. The first kappa shape index (κ1) is 19.6. The Bertz CT molecular complexity index is 540. The Kier molecular flexibility index (Phi) is 9.18. The molecule has 25 heavy (non-hydrogen) atoms. The van der Waals surface area contributed by atoms with Crippen LogP contribution in [0.3, 0.4) is 0 Å². The van der Waals surface area contributed by atoms with Gasteiger partial charge in [0.1, 0.15) is 0 Å². The van der Waals surface area contributed by atoms with Crippen LogP contribution in [0.25, 0.3) is 0 Å². The highest BCUT2D eigenvalue weighted by molar-refractivity contribution is 5.14. The first-order valence-electron chi connectivity index (χ1n) is 9.98. The monoisotopic (exact) mass is 338 g/mol. The van der Waals surface area contributed by atoms with Gasteiger partial charge in [-0.05, 0) is 68.8 Å². The lowest BCUT2D eigenvalue weighted by Gasteiger charge is -2.14. The van der Waals surface area contributed by atoms with Crippen molar-refractivity contribution in [3.63, 3.8) is 0 Å². The van der Waals surface area contributed by atoms with Crippen LogP contribution < -0.4 is 0 Å². The summed E-state index contributed by atoms with van der Waals surface area (Å²) >= 11 is 0. The van der Waals surface area contributed by atoms with E-state index in [9.17, 15) is 0 Å². The summed E-state index contributed by atoms with van der Waals surface area (Å²) in [4.78, 5) is 0. The van der Waals surface area contributed by atoms with Crippen molar-refractivity contribution in [2.24, 2.45) is 11.8 Å². The molecule has 1 unspecified atom stereocenters. The highest BCUT2D eigenvalue weighted by atomic mass is 16.3. The zero-order chi connectivity index (χ0) is 17.7. The van der Waals surface area contributed by atoms with Crippen LogP contribution in [0.1, 0.15) is 63.4 Å². The van der Waals surface area contributed by atoms with Gasteiger partial charge >= 0.3 is 0 Å². The minimum atomic E-state index is 0.307. The van der Waals surface area contributed by atoms with Gasteiger partial charge in [0.2, 0.25) is 0 Å². The van der Waals surface area contributed by atoms with E-state index in [2.05, 4.69) is 61.2 Å². The van der Waals surface area contributed by atoms with Gasteiger partial charge in [-0.1, -0.05) is 67.6 Å². The van der Waals surface area contributed by atoms with E-state index in [4.69, 9.17) is 5.11 Å². The van der Waals surface area contributed by atoms with Crippen LogP contribution in [-0.4, -0.2) is 5.11 Å². The summed E-state index contributed by atoms with van der Waals surface area (Å²) in [6.07, 6.45) is 21.3. The number of benzene rings is 1. The van der Waals surface area contributed by atoms with Crippen molar-refractivity contribution in [1.82, 2.24) is 0 Å². The largest absolute Gasteiger partial charge is 0.513 e. The van der Waals surface area contributed by atoms with Gasteiger partial charge in [-0.15, -0.1) is 0 Å². The SMILES string of the molecule is C=C(O)CCC/C=C\C[C@H]1CCCC1/C=C/CCCc1ccccc1. The molecule has 0 saturated heterocycles. The number of aliphatic hydroxyl groups is 1. The molecule has 0 spiro atoms. The van der Waals surface area contributed by atoms with Gasteiger partial charge in [-0.3, -0.25) is 0 Å². The Morgan fingerprint density at radius 2 is 1.84 bits per heavy atom. The number of hydrogen-bond donors (Lipinski definition) is 1. The van der Waals surface area contributed by atoms with Crippen molar-refractivity contribution in [1.29, 1.82) is 0 Å². The summed E-state index contributed by atoms with van der Waals surface area (Å²) in [6, 6.07) is 10.8. The van der Waals surface area contributed by atoms with Gasteiger partial charge in [-0.25, -0.2) is 0 Å². The molecule has 0 radical (unpaired) electrons. The summed E-state index contributed by atoms with van der Waals surface area (Å²) < 4.78 is 0. The summed E-state index contributed by atoms with van der Waals surface area (Å²) in [5, 5.41) is 9.08. The van der Waals surface area contributed by atoms with E-state index in [1.54, 1.807) is 0 Å². The molecule has 0 heterocycles. The third kappa shape index (κ3) is 8.25. The number of allylic oxidation sites excluding steroid dienone is 5. The van der Waals surface area contributed by atoms with Crippen LogP contribution in [-0.2, 0) is 6.42 Å². The van der Waals surface area contributed by atoms with Crippen LogP contribution >= 0.6 is 0 Å². The Hall–Kier alpha value is -1.76. The second-order valence-corrected chi connectivity index (χ2v) is 7.33. The second-order valence-electron chi connectivity index (χ2n) is 7.33. The van der Waals surface area contributed by atoms with Gasteiger partial charge < -0.3 is 5.11 Å². The van der Waals surface area contributed by atoms with E-state index in [-0.39, 0.29) is 0 Å². The molecule has 1 nitrogen and oxygen atoms in total. The molecule has 1 heteroatoms. The van der Waals surface area contributed by atoms with Crippen molar-refractivity contribution < 1.29 is 5.11 Å². The Balaban J connectivity index is 1.61. The van der Waals surface area contributed by atoms with E-state index in [0.717, 1.165) is 31.1 Å². The lowest BCUT2D eigenvalue weighted by atomic mass is 9.92. The van der Waals surface area contributed by atoms with Crippen molar-refractivity contribution in [3.05, 3.63) is 72.5 Å². The third-order valence-corrected chi connectivity index (χ3v) is 5.22. The molecular weight excluding hydrogens is 304 g/mol. The number of aliphatic hydroxyl groups excluding tert-OH is 1. The minimum Gasteiger partial charge on any atom is -0.513 e. The smallest absolute Gasteiger partial charge is 0.0851 e. The number of hydrogen-bond acceptors (Lipinski definition) is 1. The van der Waals surface area contributed by atoms with Gasteiger partial charge in [0.15, 0.2) is 0 Å². The van der Waals surface area contributed by atoms with Crippen LogP contribution in [0.15, 0.2) is 67.0 Å². The maximum absolute atomic E-state index is 9.08. The third-order valence-electron chi connectivity index (χ3n) is 5.22. The molecule has 1 aliphatic carbocycles. The van der Waals surface area contributed by atoms with Gasteiger partial charge in [0.25, 0.3) is 0 Å². The molecule has 0 aromatic heterocycles. The molecule has 0 amide bonds. The number of rotatable bonds is 11. The average Bonchev–Trinajstić information content (AvgIpc) is 3.06. The van der Waals surface area contributed by atoms with Crippen molar-refractivity contribution in [2.75, 3.05) is 0 Å². The predicted octanol–water partition coefficient (Wildman–Crippen LogP) is 7.17. The number of unbranched alkanes of at least 4 members (excludes halogenated alkanes) is 2. The van der Waals surface area contributed by atoms with Crippen molar-refractivity contribution in [3.8, 4) is 0 Å². The number of aryl methyl sites for hydroxylation is 1. The summed E-state index contributed by atoms with van der Waals surface area (Å²) in [6.45, 7) is 3.53. The maximum atomic E-state index is 9.08. The fourth-order valence-electron chi connectivity index (χ4n) is 3.76. The molecule has 1 N–H and O–H groups in total. The molecule has 1 aliphatic rings. The molecule has 1 fully saturated rings. The Morgan fingerprint density at radius 1 is 1.04 bits per heavy atom. The minimum absolute atomic E-state index is 0.307. The fourth-order valence-corrected chi connectivity index (χ4v) is 3.76. The van der Waals surface area contributed by atoms with Gasteiger partial charge in [-0.2, -0.15) is 0 Å². The van der Waals surface area contributed by atoms with E-state index >= 15 is 0 Å². The molecule has 1 aromatic rings. The zero-order valence-electron chi connectivity index (χ0n) is 15.6. The zero-order valence-corrected chi connectivity index (χ0v) is 15.6. The fraction of sp³-hybridized carbons (Fsp3) is 0.500. The average molecular weight is 339 g/mol. The van der Waals surface area contributed by atoms with Crippen molar-refractivity contribution >= 4 is 0 Å². The molecule has 0 aliphatic heterocycles. The lowest BCUT2D eigenvalue weighted by Crippen LogP contribution is -2.03. The van der Waals surface area contributed by atoms with E-state index in [1.807, 2.05) is 0 Å². The molecule has 1 aromatic carbocycles. The maximum Gasteiger partial charge on any atom is 0.0851 e. The van der Waals surface area contributed by atoms with Gasteiger partial charge in [0, 0.05) is 6.42 Å². The van der Waals surface area contributed by atoms with Gasteiger partial charge in [0.05, 0.1) is 5.76 Å². The van der Waals surface area contributed by atoms with Crippen LogP contribution in [0.4, 0.5) is 0 Å². The van der Waals surface area contributed by atoms with Crippen molar-refractivity contribution in [2.45, 2.75) is 64.2 Å². The quantitative estimate of drug-likeness (QED) is 0.257. The normalized spacial score (nSPS) is 20.6. The molecular formula is C24H34O. The summed E-state index contributed by atoms with van der Waals surface area (Å²) in [5.41, 5.74) is 1.45. The highest BCUT2D eigenvalue weighted by Crippen LogP contribution is 2.35. The second kappa shape index (κ2) is 11.7. The molecule has 1 saturated carbocycles. The highest BCUT2D eigenvalue weighted by Gasteiger charge is 2.23. The standard InChI is InChI=1S/C24H34O/c1-21(25)13-6-2-3-10-17-23-19-12-20-24(23)18-11-5-9-16-22-14-7-4-8-15-22/h3-4,7-8,10-11,14-15,18,23-25H,1-2,5-6,9,12-13,16-17,19-20H2/b10-3-,18-11+/t23-,24?/m0/s1. The summed E-state index contributed by atoms with van der Waals surface area (Å²) in [5.74, 6) is 1.91. The Labute approximate surface area is 154 Å². The topological polar surface area (TPSA) is 20.2 Å². The first-order chi connectivity index (χ1) is 12.3. The molecule has 0 bridgehead atoms. The lowest BCUT2D eigenvalue weighted by molar-refractivity contribution is 0.387. The molecule has 136 valence electrons. The van der Waals surface area contributed by atoms with Crippen LogP contribution in [0, 0.1) is 11.8 Å². The predicted molar refractivity (Wildman–Crippen MR) is 109 cm³/mol.